The van der Waals surface area contributed by atoms with Crippen LogP contribution in [0.4, 0.5) is 0 Å². The molecule has 0 spiro atoms. The Morgan fingerprint density at radius 3 is 2.35 bits per heavy atom. The maximum absolute atomic E-state index is 5.77. The van der Waals surface area contributed by atoms with E-state index in [1.807, 2.05) is 0 Å². The minimum absolute atomic E-state index is 0.0683. The lowest BCUT2D eigenvalue weighted by molar-refractivity contribution is 0.0653. The summed E-state index contributed by atoms with van der Waals surface area (Å²) in [5.41, 5.74) is -0.0683. The molecule has 112 valence electrons. The predicted octanol–water partition coefficient (Wildman–Crippen LogP) is 0.457. The fraction of sp³-hybridized carbons (Fsp3) is 0.857. The van der Waals surface area contributed by atoms with Gasteiger partial charge in [-0.15, -0.1) is 10.2 Å². The van der Waals surface area contributed by atoms with E-state index < -0.39 is 0 Å². The van der Waals surface area contributed by atoms with Crippen LogP contribution < -0.4 is 5.32 Å². The minimum atomic E-state index is -0.0683. The third-order valence-electron chi connectivity index (χ3n) is 4.15. The molecule has 6 heteroatoms. The smallest absolute Gasteiger partial charge is 0.230 e. The zero-order valence-electron chi connectivity index (χ0n) is 12.7. The molecule has 1 aromatic heterocycles. The Kier molecular flexibility index (Phi) is 3.79. The fourth-order valence-corrected chi connectivity index (χ4v) is 2.63. The minimum Gasteiger partial charge on any atom is -0.423 e. The number of aromatic nitrogens is 2. The third-order valence-corrected chi connectivity index (χ3v) is 4.15. The second-order valence-electron chi connectivity index (χ2n) is 6.88. The van der Waals surface area contributed by atoms with Crippen LogP contribution in [0.3, 0.4) is 0 Å². The molecular weight excluding hydrogens is 254 g/mol. The Morgan fingerprint density at radius 2 is 1.85 bits per heavy atom. The zero-order chi connectivity index (χ0) is 14.2. The van der Waals surface area contributed by atoms with E-state index in [2.05, 4.69) is 46.1 Å². The summed E-state index contributed by atoms with van der Waals surface area (Å²) in [4.78, 5) is 4.99. The number of nitrogens with one attached hydrogen (secondary N) is 1. The van der Waals surface area contributed by atoms with Crippen molar-refractivity contribution in [2.75, 3.05) is 39.3 Å². The Hall–Kier alpha value is -0.980. The molecule has 3 rings (SSSR count). The van der Waals surface area contributed by atoms with Crippen LogP contribution in [-0.4, -0.2) is 65.3 Å². The van der Waals surface area contributed by atoms with Crippen molar-refractivity contribution in [2.24, 2.45) is 0 Å². The highest BCUT2D eigenvalue weighted by Gasteiger charge is 2.28. The van der Waals surface area contributed by atoms with Crippen LogP contribution in [0, 0.1) is 0 Å². The van der Waals surface area contributed by atoms with Crippen molar-refractivity contribution in [2.45, 2.75) is 38.8 Å². The van der Waals surface area contributed by atoms with Crippen molar-refractivity contribution < 1.29 is 4.42 Å². The molecule has 1 aromatic rings. The van der Waals surface area contributed by atoms with Crippen molar-refractivity contribution in [1.82, 2.24) is 25.3 Å². The molecule has 3 heterocycles. The lowest BCUT2D eigenvalue weighted by atomic mass is 9.97. The van der Waals surface area contributed by atoms with E-state index in [1.54, 1.807) is 0 Å². The number of rotatable bonds is 3. The van der Waals surface area contributed by atoms with Crippen LogP contribution >= 0.6 is 0 Å². The molecule has 2 fully saturated rings. The molecule has 0 saturated carbocycles. The quantitative estimate of drug-likeness (QED) is 0.867. The molecule has 6 nitrogen and oxygen atoms in total. The van der Waals surface area contributed by atoms with Gasteiger partial charge >= 0.3 is 0 Å². The highest BCUT2D eigenvalue weighted by atomic mass is 16.4. The zero-order valence-corrected chi connectivity index (χ0v) is 12.7. The summed E-state index contributed by atoms with van der Waals surface area (Å²) in [5.74, 6) is 1.47. The molecule has 20 heavy (non-hydrogen) atoms. The molecule has 0 amide bonds. The molecule has 0 aromatic carbocycles. The van der Waals surface area contributed by atoms with Gasteiger partial charge < -0.3 is 9.73 Å². The normalized spacial score (nSPS) is 22.9. The lowest BCUT2D eigenvalue weighted by Gasteiger charge is -2.43. The largest absolute Gasteiger partial charge is 0.423 e. The second kappa shape index (κ2) is 5.42. The van der Waals surface area contributed by atoms with Gasteiger partial charge in [0.2, 0.25) is 11.8 Å². The Bertz CT molecular complexity index is 441. The van der Waals surface area contributed by atoms with Crippen LogP contribution in [0.5, 0.6) is 0 Å². The average Bonchev–Trinajstić information content (AvgIpc) is 2.78. The van der Waals surface area contributed by atoms with Gasteiger partial charge in [-0.2, -0.15) is 0 Å². The van der Waals surface area contributed by atoms with Gasteiger partial charge in [0.15, 0.2) is 0 Å². The van der Waals surface area contributed by atoms with E-state index in [0.717, 1.165) is 63.6 Å². The highest BCUT2D eigenvalue weighted by Crippen LogP contribution is 2.21. The monoisotopic (exact) mass is 279 g/mol. The van der Waals surface area contributed by atoms with Crippen molar-refractivity contribution in [1.29, 1.82) is 0 Å². The van der Waals surface area contributed by atoms with Gasteiger partial charge in [-0.3, -0.25) is 9.80 Å². The molecule has 2 aliphatic rings. The van der Waals surface area contributed by atoms with Crippen molar-refractivity contribution in [3.63, 3.8) is 0 Å². The standard InChI is InChI=1S/C14H25N5O/c1-14(2,3)13-17-16-12(20-13)10-18-4-6-19(7-5-18)11-8-15-9-11/h11,15H,4-10H2,1-3H3. The summed E-state index contributed by atoms with van der Waals surface area (Å²) in [6.45, 7) is 13.8. The summed E-state index contributed by atoms with van der Waals surface area (Å²) in [6.07, 6.45) is 0. The molecular formula is C14H25N5O. The molecule has 0 bridgehead atoms. The summed E-state index contributed by atoms with van der Waals surface area (Å²) >= 11 is 0. The summed E-state index contributed by atoms with van der Waals surface area (Å²) in [6, 6.07) is 0.757. The number of piperazine rings is 1. The number of hydrogen-bond donors (Lipinski definition) is 1. The summed E-state index contributed by atoms with van der Waals surface area (Å²) < 4.78 is 5.77. The molecule has 1 N–H and O–H groups in total. The molecule has 2 saturated heterocycles. The topological polar surface area (TPSA) is 57.4 Å². The fourth-order valence-electron chi connectivity index (χ4n) is 2.63. The first-order chi connectivity index (χ1) is 9.52. The van der Waals surface area contributed by atoms with Gasteiger partial charge in [0.25, 0.3) is 0 Å². The van der Waals surface area contributed by atoms with E-state index >= 15 is 0 Å². The van der Waals surface area contributed by atoms with Crippen molar-refractivity contribution in [3.8, 4) is 0 Å². The van der Waals surface area contributed by atoms with E-state index in [9.17, 15) is 0 Å². The maximum Gasteiger partial charge on any atom is 0.230 e. The van der Waals surface area contributed by atoms with Gasteiger partial charge in [-0.1, -0.05) is 20.8 Å². The van der Waals surface area contributed by atoms with Crippen LogP contribution in [0.15, 0.2) is 4.42 Å². The van der Waals surface area contributed by atoms with Crippen molar-refractivity contribution in [3.05, 3.63) is 11.8 Å². The SMILES string of the molecule is CC(C)(C)c1nnc(CN2CCN(C3CNC3)CC2)o1. The van der Waals surface area contributed by atoms with Gasteiger partial charge in [0.1, 0.15) is 0 Å². The van der Waals surface area contributed by atoms with E-state index in [1.165, 1.54) is 0 Å². The van der Waals surface area contributed by atoms with Gasteiger partial charge in [0, 0.05) is 50.7 Å². The predicted molar refractivity (Wildman–Crippen MR) is 76.5 cm³/mol. The van der Waals surface area contributed by atoms with Crippen LogP contribution in [0.1, 0.15) is 32.6 Å². The molecule has 0 aliphatic carbocycles. The first-order valence-electron chi connectivity index (χ1n) is 7.52. The molecule has 0 unspecified atom stereocenters. The number of hydrogen-bond acceptors (Lipinski definition) is 6. The number of nitrogens with zero attached hydrogens (tertiary/aromatic N) is 4. The highest BCUT2D eigenvalue weighted by molar-refractivity contribution is 4.96. The maximum atomic E-state index is 5.77. The summed E-state index contributed by atoms with van der Waals surface area (Å²) in [5, 5.41) is 11.7. The van der Waals surface area contributed by atoms with Gasteiger partial charge in [-0.25, -0.2) is 0 Å². The van der Waals surface area contributed by atoms with E-state index in [-0.39, 0.29) is 5.41 Å². The Morgan fingerprint density at radius 1 is 1.15 bits per heavy atom. The van der Waals surface area contributed by atoms with Crippen LogP contribution in [0.25, 0.3) is 0 Å². The van der Waals surface area contributed by atoms with Crippen molar-refractivity contribution >= 4 is 0 Å². The summed E-state index contributed by atoms with van der Waals surface area (Å²) in [7, 11) is 0. The van der Waals surface area contributed by atoms with Gasteiger partial charge in [0.05, 0.1) is 6.54 Å². The second-order valence-corrected chi connectivity index (χ2v) is 6.88. The van der Waals surface area contributed by atoms with E-state index in [4.69, 9.17) is 4.42 Å². The van der Waals surface area contributed by atoms with E-state index in [0.29, 0.717) is 0 Å². The third kappa shape index (κ3) is 3.02. The molecule has 2 aliphatic heterocycles. The average molecular weight is 279 g/mol. The molecule has 0 atom stereocenters. The van der Waals surface area contributed by atoms with Gasteiger partial charge in [-0.05, 0) is 0 Å². The Balaban J connectivity index is 1.50. The first kappa shape index (κ1) is 14.0. The van der Waals surface area contributed by atoms with Crippen LogP contribution in [-0.2, 0) is 12.0 Å². The molecule has 0 radical (unpaired) electrons. The van der Waals surface area contributed by atoms with Crippen LogP contribution in [0.2, 0.25) is 0 Å². The first-order valence-corrected chi connectivity index (χ1v) is 7.52. The lowest BCUT2D eigenvalue weighted by Crippen LogP contribution is -2.61. The Labute approximate surface area is 120 Å².